The summed E-state index contributed by atoms with van der Waals surface area (Å²) in [6.07, 6.45) is 1.06. The average molecular weight is 308 g/mol. The van der Waals surface area contributed by atoms with Gasteiger partial charge in [-0.1, -0.05) is 6.92 Å². The minimum atomic E-state index is -3.63. The predicted molar refractivity (Wildman–Crippen MR) is 81.1 cm³/mol. The first-order chi connectivity index (χ1) is 9.98. The number of nitriles is 1. The Hall–Kier alpha value is -1.62. The molecule has 7 heteroatoms. The summed E-state index contributed by atoms with van der Waals surface area (Å²) >= 11 is 0. The van der Waals surface area contributed by atoms with E-state index in [9.17, 15) is 8.42 Å². The third kappa shape index (κ3) is 3.35. The van der Waals surface area contributed by atoms with Gasteiger partial charge < -0.3 is 10.6 Å². The molecule has 2 N–H and O–H groups in total. The number of sulfonamides is 1. The summed E-state index contributed by atoms with van der Waals surface area (Å²) in [6, 6.07) is 6.25. The van der Waals surface area contributed by atoms with Gasteiger partial charge in [0.05, 0.1) is 5.56 Å². The number of nitrogens with two attached hydrogens (primary N) is 1. The Morgan fingerprint density at radius 1 is 1.29 bits per heavy atom. The molecule has 2 rings (SSSR count). The number of anilines is 1. The van der Waals surface area contributed by atoms with Crippen LogP contribution in [0.2, 0.25) is 0 Å². The number of nitrogens with zero attached hydrogens (tertiary/aromatic N) is 3. The van der Waals surface area contributed by atoms with Crippen molar-refractivity contribution in [2.75, 3.05) is 38.5 Å². The minimum absolute atomic E-state index is 0.0446. The van der Waals surface area contributed by atoms with E-state index in [1.807, 2.05) is 6.07 Å². The molecule has 0 aliphatic carbocycles. The molecule has 0 radical (unpaired) electrons. The van der Waals surface area contributed by atoms with Crippen LogP contribution in [0.4, 0.5) is 5.69 Å². The lowest BCUT2D eigenvalue weighted by Crippen LogP contribution is -2.48. The fourth-order valence-electron chi connectivity index (χ4n) is 2.51. The highest BCUT2D eigenvalue weighted by Crippen LogP contribution is 2.23. The van der Waals surface area contributed by atoms with Crippen LogP contribution in [-0.2, 0) is 10.0 Å². The molecule has 0 unspecified atom stereocenters. The lowest BCUT2D eigenvalue weighted by Gasteiger charge is -2.33. The Morgan fingerprint density at radius 2 is 1.95 bits per heavy atom. The smallest absolute Gasteiger partial charge is 0.244 e. The minimum Gasteiger partial charge on any atom is -0.399 e. The van der Waals surface area contributed by atoms with Crippen molar-refractivity contribution in [3.8, 4) is 6.07 Å². The molecule has 0 saturated carbocycles. The fraction of sp³-hybridized carbons (Fsp3) is 0.500. The van der Waals surface area contributed by atoms with Crippen LogP contribution in [0.1, 0.15) is 18.9 Å². The van der Waals surface area contributed by atoms with E-state index in [1.54, 1.807) is 0 Å². The van der Waals surface area contributed by atoms with Gasteiger partial charge >= 0.3 is 0 Å². The molecule has 114 valence electrons. The highest BCUT2D eigenvalue weighted by Gasteiger charge is 2.30. The first-order valence-corrected chi connectivity index (χ1v) is 8.45. The molecule has 0 spiro atoms. The largest absolute Gasteiger partial charge is 0.399 e. The van der Waals surface area contributed by atoms with E-state index >= 15 is 0 Å². The molecule has 1 heterocycles. The lowest BCUT2D eigenvalue weighted by atomic mass is 10.2. The fourth-order valence-corrected chi connectivity index (χ4v) is 4.05. The number of benzene rings is 1. The van der Waals surface area contributed by atoms with Crippen LogP contribution in [-0.4, -0.2) is 50.3 Å². The molecule has 1 aliphatic rings. The number of hydrogen-bond donors (Lipinski definition) is 1. The standard InChI is InChI=1S/C14H20N4O2S/c1-2-5-17-6-8-18(9-7-17)21(19,20)14-4-3-13(16)10-12(14)11-15/h3-4,10H,2,5-9,16H2,1H3. The third-order valence-electron chi connectivity index (χ3n) is 3.61. The van der Waals surface area contributed by atoms with Crippen molar-refractivity contribution >= 4 is 15.7 Å². The molecule has 21 heavy (non-hydrogen) atoms. The van der Waals surface area contributed by atoms with Gasteiger partial charge in [-0.3, -0.25) is 0 Å². The maximum Gasteiger partial charge on any atom is 0.244 e. The number of piperazine rings is 1. The summed E-state index contributed by atoms with van der Waals surface area (Å²) in [4.78, 5) is 2.29. The topological polar surface area (TPSA) is 90.4 Å². The number of nitrogen functional groups attached to an aromatic ring is 1. The first kappa shape index (κ1) is 15.8. The van der Waals surface area contributed by atoms with E-state index in [4.69, 9.17) is 11.0 Å². The van der Waals surface area contributed by atoms with Crippen molar-refractivity contribution in [3.05, 3.63) is 23.8 Å². The van der Waals surface area contributed by atoms with Gasteiger partial charge in [0.2, 0.25) is 10.0 Å². The molecule has 1 saturated heterocycles. The van der Waals surface area contributed by atoms with E-state index < -0.39 is 10.0 Å². The van der Waals surface area contributed by atoms with Crippen molar-refractivity contribution in [2.45, 2.75) is 18.2 Å². The summed E-state index contributed by atoms with van der Waals surface area (Å²) in [6.45, 7) is 5.46. The molecule has 1 aromatic rings. The Labute approximate surface area is 125 Å². The van der Waals surface area contributed by atoms with Gasteiger partial charge in [-0.05, 0) is 31.2 Å². The van der Waals surface area contributed by atoms with Crippen LogP contribution < -0.4 is 5.73 Å². The number of hydrogen-bond acceptors (Lipinski definition) is 5. The van der Waals surface area contributed by atoms with Gasteiger partial charge in [0.25, 0.3) is 0 Å². The molecule has 1 aliphatic heterocycles. The Morgan fingerprint density at radius 3 is 2.52 bits per heavy atom. The van der Waals surface area contributed by atoms with E-state index in [0.29, 0.717) is 18.8 Å². The quantitative estimate of drug-likeness (QED) is 0.833. The second-order valence-corrected chi connectivity index (χ2v) is 7.02. The van der Waals surface area contributed by atoms with Gasteiger partial charge in [0.15, 0.2) is 0 Å². The molecule has 0 bridgehead atoms. The number of rotatable bonds is 4. The van der Waals surface area contributed by atoms with E-state index in [-0.39, 0.29) is 10.5 Å². The summed E-state index contributed by atoms with van der Waals surface area (Å²) in [5.41, 5.74) is 6.10. The first-order valence-electron chi connectivity index (χ1n) is 7.01. The van der Waals surface area contributed by atoms with Crippen LogP contribution in [0.3, 0.4) is 0 Å². The van der Waals surface area contributed by atoms with Crippen molar-refractivity contribution in [2.24, 2.45) is 0 Å². The zero-order valence-electron chi connectivity index (χ0n) is 12.1. The monoisotopic (exact) mass is 308 g/mol. The average Bonchev–Trinajstić information content (AvgIpc) is 2.47. The van der Waals surface area contributed by atoms with Crippen LogP contribution in [0.25, 0.3) is 0 Å². The zero-order chi connectivity index (χ0) is 15.5. The van der Waals surface area contributed by atoms with Crippen molar-refractivity contribution in [1.82, 2.24) is 9.21 Å². The SMILES string of the molecule is CCCN1CCN(S(=O)(=O)c2ccc(N)cc2C#N)CC1. The molecular formula is C14H20N4O2S. The molecule has 6 nitrogen and oxygen atoms in total. The molecule has 0 amide bonds. The Kier molecular flexibility index (Phi) is 4.83. The summed E-state index contributed by atoms with van der Waals surface area (Å²) in [7, 11) is -3.63. The highest BCUT2D eigenvalue weighted by atomic mass is 32.2. The summed E-state index contributed by atoms with van der Waals surface area (Å²) < 4.78 is 26.8. The Bertz CT molecular complexity index is 643. The molecule has 1 fully saturated rings. The second-order valence-electron chi connectivity index (χ2n) is 5.11. The molecule has 0 atom stereocenters. The van der Waals surface area contributed by atoms with Crippen LogP contribution in [0.5, 0.6) is 0 Å². The maximum atomic E-state index is 12.7. The Balaban J connectivity index is 2.22. The van der Waals surface area contributed by atoms with Crippen molar-refractivity contribution in [3.63, 3.8) is 0 Å². The summed E-state index contributed by atoms with van der Waals surface area (Å²) in [5.74, 6) is 0. The van der Waals surface area contributed by atoms with Gasteiger partial charge in [-0.15, -0.1) is 0 Å². The van der Waals surface area contributed by atoms with Crippen molar-refractivity contribution < 1.29 is 8.42 Å². The third-order valence-corrected chi connectivity index (χ3v) is 5.57. The molecule has 1 aromatic carbocycles. The maximum absolute atomic E-state index is 12.7. The van der Waals surface area contributed by atoms with Gasteiger partial charge in [-0.2, -0.15) is 9.57 Å². The van der Waals surface area contributed by atoms with E-state index in [1.165, 1.54) is 22.5 Å². The van der Waals surface area contributed by atoms with E-state index in [0.717, 1.165) is 26.1 Å². The highest BCUT2D eigenvalue weighted by molar-refractivity contribution is 7.89. The second kappa shape index (κ2) is 6.43. The van der Waals surface area contributed by atoms with Crippen LogP contribution >= 0.6 is 0 Å². The van der Waals surface area contributed by atoms with Crippen molar-refractivity contribution in [1.29, 1.82) is 5.26 Å². The van der Waals surface area contributed by atoms with Crippen LogP contribution in [0, 0.1) is 11.3 Å². The van der Waals surface area contributed by atoms with Gasteiger partial charge in [0.1, 0.15) is 11.0 Å². The normalized spacial score (nSPS) is 17.5. The zero-order valence-corrected chi connectivity index (χ0v) is 12.9. The lowest BCUT2D eigenvalue weighted by molar-refractivity contribution is 0.188. The van der Waals surface area contributed by atoms with Gasteiger partial charge in [-0.25, -0.2) is 8.42 Å². The molecular weight excluding hydrogens is 288 g/mol. The van der Waals surface area contributed by atoms with E-state index in [2.05, 4.69) is 11.8 Å². The van der Waals surface area contributed by atoms with Crippen LogP contribution in [0.15, 0.2) is 23.1 Å². The summed E-state index contributed by atoms with van der Waals surface area (Å²) in [5, 5.41) is 9.12. The molecule has 0 aromatic heterocycles. The van der Waals surface area contributed by atoms with Gasteiger partial charge in [0, 0.05) is 31.9 Å². The predicted octanol–water partition coefficient (Wildman–Crippen LogP) is 0.857.